The summed E-state index contributed by atoms with van der Waals surface area (Å²) < 4.78 is 87.9. The highest BCUT2D eigenvalue weighted by molar-refractivity contribution is 6.13. The van der Waals surface area contributed by atoms with E-state index in [0.717, 1.165) is 46.5 Å². The Balaban J connectivity index is 1.26. The normalized spacial score (nSPS) is 11.7. The van der Waals surface area contributed by atoms with Gasteiger partial charge < -0.3 is 4.57 Å². The summed E-state index contributed by atoms with van der Waals surface area (Å²) in [6, 6.07) is 60.9. The van der Waals surface area contributed by atoms with Crippen molar-refractivity contribution in [1.82, 2.24) is 14.5 Å². The van der Waals surface area contributed by atoms with Crippen LogP contribution in [-0.4, -0.2) is 14.5 Å². The molecule has 0 unspecified atom stereocenters. The lowest BCUT2D eigenvalue weighted by atomic mass is 9.92. The fourth-order valence-electron chi connectivity index (χ4n) is 9.82. The van der Waals surface area contributed by atoms with Crippen LogP contribution in [-0.2, 0) is 12.4 Å². The molecule has 9 aromatic carbocycles. The summed E-state index contributed by atoms with van der Waals surface area (Å²) in [4.78, 5) is 14.1. The lowest BCUT2D eigenvalue weighted by molar-refractivity contribution is -0.138. The van der Waals surface area contributed by atoms with E-state index < -0.39 is 23.5 Å². The van der Waals surface area contributed by atoms with Crippen molar-refractivity contribution in [1.29, 1.82) is 5.26 Å². The summed E-state index contributed by atoms with van der Waals surface area (Å²) in [5.41, 5.74) is 10.3. The highest BCUT2D eigenvalue weighted by atomic mass is 19.4. The molecule has 11 heteroatoms. The van der Waals surface area contributed by atoms with E-state index in [1.54, 1.807) is 62.4 Å². The Labute approximate surface area is 427 Å². The van der Waals surface area contributed by atoms with Crippen LogP contribution in [0.3, 0.4) is 0 Å². The van der Waals surface area contributed by atoms with Gasteiger partial charge in [-0.1, -0.05) is 121 Å². The number of halogens is 6. The number of rotatable bonds is 8. The number of hydrogen-bond donors (Lipinski definition) is 0. The van der Waals surface area contributed by atoms with Gasteiger partial charge >= 0.3 is 12.4 Å². The van der Waals surface area contributed by atoms with Gasteiger partial charge in [0.2, 0.25) is 0 Å². The maximum atomic E-state index is 14.3. The second-order valence-corrected chi connectivity index (χ2v) is 18.4. The second-order valence-electron chi connectivity index (χ2n) is 18.4. The van der Waals surface area contributed by atoms with Crippen molar-refractivity contribution >= 4 is 27.5 Å². The van der Waals surface area contributed by atoms with Crippen molar-refractivity contribution in [2.24, 2.45) is 0 Å². The molecule has 0 aliphatic carbocycles. The zero-order valence-corrected chi connectivity index (χ0v) is 40.1. The van der Waals surface area contributed by atoms with Crippen molar-refractivity contribution in [3.05, 3.63) is 239 Å². The van der Waals surface area contributed by atoms with Gasteiger partial charge in [-0.2, -0.15) is 31.6 Å². The highest BCUT2D eigenvalue weighted by Crippen LogP contribution is 2.46. The lowest BCUT2D eigenvalue weighted by Crippen LogP contribution is -2.05. The summed E-state index contributed by atoms with van der Waals surface area (Å²) in [5, 5.41) is 11.2. The molecule has 0 amide bonds. The minimum atomic E-state index is -4.60. The minimum Gasteiger partial charge on any atom is -0.308 e. The van der Waals surface area contributed by atoms with Crippen molar-refractivity contribution < 1.29 is 26.3 Å². The van der Waals surface area contributed by atoms with Gasteiger partial charge in [-0.3, -0.25) is 0 Å². The summed E-state index contributed by atoms with van der Waals surface area (Å²) >= 11 is 0. The van der Waals surface area contributed by atoms with E-state index in [4.69, 9.17) is 16.5 Å². The van der Waals surface area contributed by atoms with Gasteiger partial charge in [-0.15, -0.1) is 0 Å². The molecule has 0 spiro atoms. The average Bonchev–Trinajstić information content (AvgIpc) is 3.75. The van der Waals surface area contributed by atoms with Crippen LogP contribution in [0.1, 0.15) is 27.8 Å². The number of fused-ring (bicyclic) bond motifs is 3. The standard InChI is InChI=1S/C64H39F6N5/c1-38-26-47(30-50(28-38)63(65,66)67)45-20-24-59-55(32-45)56-33-46(48-27-39(2)29-51(31-48)64(68,69)70)21-25-60(56)75(59)61-53(41-16-14-40(37-71)15-17-41)34-49(35-54(61)42-18-22-52(72-3)23-19-42)62-73-57(43-10-6-4-7-11-43)36-58(74-62)44-12-8-5-9-13-44/h4-36H,1-2H3. The Morgan fingerprint density at radius 2 is 0.893 bits per heavy atom. The molecule has 0 atom stereocenters. The summed E-state index contributed by atoms with van der Waals surface area (Å²) in [6.45, 7) is 11.0. The molecule has 0 saturated carbocycles. The molecule has 0 aliphatic rings. The molecule has 0 saturated heterocycles. The molecule has 0 aliphatic heterocycles. The van der Waals surface area contributed by atoms with Crippen LogP contribution in [0.5, 0.6) is 0 Å². The molecule has 362 valence electrons. The first-order chi connectivity index (χ1) is 36.1. The van der Waals surface area contributed by atoms with E-state index in [0.29, 0.717) is 106 Å². The van der Waals surface area contributed by atoms with Crippen LogP contribution in [0.15, 0.2) is 200 Å². The zero-order chi connectivity index (χ0) is 52.2. The third-order valence-corrected chi connectivity index (χ3v) is 13.3. The molecule has 5 nitrogen and oxygen atoms in total. The van der Waals surface area contributed by atoms with Crippen molar-refractivity contribution in [2.75, 3.05) is 0 Å². The van der Waals surface area contributed by atoms with Gasteiger partial charge in [0, 0.05) is 38.6 Å². The molecule has 11 aromatic rings. The Hall–Kier alpha value is -9.58. The van der Waals surface area contributed by atoms with Gasteiger partial charge in [0.25, 0.3) is 0 Å². The first kappa shape index (κ1) is 47.7. The number of benzene rings is 9. The van der Waals surface area contributed by atoms with Gasteiger partial charge in [0.15, 0.2) is 11.5 Å². The second kappa shape index (κ2) is 18.8. The maximum Gasteiger partial charge on any atom is 0.416 e. The van der Waals surface area contributed by atoms with E-state index in [2.05, 4.69) is 15.5 Å². The monoisotopic (exact) mass is 991 g/mol. The SMILES string of the molecule is [C-]#[N+]c1ccc(-c2cc(-c3nc(-c4ccccc4)cc(-c4ccccc4)n3)cc(-c3ccc(C#N)cc3)c2-n2c3ccc(-c4cc(C)cc(C(F)(F)F)c4)cc3c3cc(-c4cc(C)cc(C(F)(F)F)c4)ccc32)cc1. The molecular weight excluding hydrogens is 953 g/mol. The molecule has 2 aromatic heterocycles. The molecular formula is C64H39F6N5. The van der Waals surface area contributed by atoms with Gasteiger partial charge in [-0.05, 0) is 137 Å². The lowest BCUT2D eigenvalue weighted by Gasteiger charge is -2.21. The number of nitrogens with zero attached hydrogens (tertiary/aromatic N) is 5. The van der Waals surface area contributed by atoms with Crippen molar-refractivity contribution in [2.45, 2.75) is 26.2 Å². The number of aryl methyl sites for hydroxylation is 2. The topological polar surface area (TPSA) is 58.9 Å². The van der Waals surface area contributed by atoms with Crippen LogP contribution in [0.25, 0.3) is 111 Å². The summed E-state index contributed by atoms with van der Waals surface area (Å²) in [5.74, 6) is 0.417. The first-order valence-corrected chi connectivity index (χ1v) is 23.8. The summed E-state index contributed by atoms with van der Waals surface area (Å²) in [6.07, 6.45) is -9.21. The highest BCUT2D eigenvalue weighted by Gasteiger charge is 2.32. The van der Waals surface area contributed by atoms with Gasteiger partial charge in [0.05, 0.1) is 57.4 Å². The van der Waals surface area contributed by atoms with E-state index in [1.807, 2.05) is 127 Å². The molecule has 11 rings (SSSR count). The molecule has 75 heavy (non-hydrogen) atoms. The van der Waals surface area contributed by atoms with E-state index in [9.17, 15) is 31.6 Å². The fraction of sp³-hybridized carbons (Fsp3) is 0.0625. The van der Waals surface area contributed by atoms with Crippen LogP contribution in [0.4, 0.5) is 32.0 Å². The largest absolute Gasteiger partial charge is 0.416 e. The molecule has 0 radical (unpaired) electrons. The number of aromatic nitrogens is 3. The Morgan fingerprint density at radius 3 is 1.32 bits per heavy atom. The quantitative estimate of drug-likeness (QED) is 0.113. The molecule has 0 bridgehead atoms. The van der Waals surface area contributed by atoms with E-state index >= 15 is 0 Å². The van der Waals surface area contributed by atoms with Gasteiger partial charge in [-0.25, -0.2) is 14.8 Å². The third-order valence-electron chi connectivity index (χ3n) is 13.3. The van der Waals surface area contributed by atoms with E-state index in [1.165, 1.54) is 0 Å². The Morgan fingerprint density at radius 1 is 0.453 bits per heavy atom. The zero-order valence-electron chi connectivity index (χ0n) is 40.1. The van der Waals surface area contributed by atoms with Crippen molar-refractivity contribution in [3.8, 4) is 90.2 Å². The number of alkyl halides is 6. The Bertz CT molecular complexity index is 3850. The van der Waals surface area contributed by atoms with E-state index in [-0.39, 0.29) is 0 Å². The third kappa shape index (κ3) is 9.28. The van der Waals surface area contributed by atoms with Crippen LogP contribution in [0.2, 0.25) is 0 Å². The maximum absolute atomic E-state index is 14.3. The average molecular weight is 992 g/mol. The van der Waals surface area contributed by atoms with Gasteiger partial charge in [0.1, 0.15) is 0 Å². The molecule has 0 fully saturated rings. The molecule has 2 heterocycles. The number of hydrogen-bond acceptors (Lipinski definition) is 3. The smallest absolute Gasteiger partial charge is 0.308 e. The number of nitriles is 1. The predicted octanol–water partition coefficient (Wildman–Crippen LogP) is 18.3. The van der Waals surface area contributed by atoms with Crippen LogP contribution in [0, 0.1) is 31.8 Å². The minimum absolute atomic E-state index is 0.339. The van der Waals surface area contributed by atoms with Crippen molar-refractivity contribution in [3.63, 3.8) is 0 Å². The Kier molecular flexibility index (Phi) is 12.0. The first-order valence-electron chi connectivity index (χ1n) is 23.8. The molecule has 0 N–H and O–H groups in total. The van der Waals surface area contributed by atoms with Crippen LogP contribution >= 0.6 is 0 Å². The van der Waals surface area contributed by atoms with Crippen LogP contribution < -0.4 is 0 Å². The predicted molar refractivity (Wildman–Crippen MR) is 285 cm³/mol. The summed E-state index contributed by atoms with van der Waals surface area (Å²) in [7, 11) is 0. The fourth-order valence-corrected chi connectivity index (χ4v) is 9.82.